The number of benzene rings is 1. The first-order valence-corrected chi connectivity index (χ1v) is 8.70. The Bertz CT molecular complexity index is 579. The Morgan fingerprint density at radius 2 is 2.05 bits per heavy atom. The van der Waals surface area contributed by atoms with Crippen LogP contribution in [-0.2, 0) is 11.2 Å². The van der Waals surface area contributed by atoms with Crippen LogP contribution in [0, 0.1) is 17.3 Å². The van der Waals surface area contributed by atoms with Gasteiger partial charge in [-0.3, -0.25) is 4.79 Å². The molecule has 0 N–H and O–H groups in total. The van der Waals surface area contributed by atoms with Crippen LogP contribution in [0.2, 0.25) is 0 Å². The van der Waals surface area contributed by atoms with Crippen LogP contribution in [-0.4, -0.2) is 5.78 Å². The molecule has 0 bridgehead atoms. The molecule has 1 nitrogen and oxygen atoms in total. The monoisotopic (exact) mass is 332 g/mol. The minimum absolute atomic E-state index is 0.00797. The van der Waals surface area contributed by atoms with Gasteiger partial charge in [0.15, 0.2) is 0 Å². The molecule has 3 aliphatic carbocycles. The smallest absolute Gasteiger partial charge is 0.139 e. The quantitative estimate of drug-likeness (QED) is 0.662. The van der Waals surface area contributed by atoms with Gasteiger partial charge in [-0.15, -0.1) is 0 Å². The number of fused-ring (bicyclic) bond motifs is 5. The molecule has 2 saturated carbocycles. The molecule has 2 fully saturated rings. The van der Waals surface area contributed by atoms with Crippen LogP contribution < -0.4 is 0 Å². The molecular weight excluding hydrogens is 312 g/mol. The van der Waals surface area contributed by atoms with E-state index in [4.69, 9.17) is 0 Å². The minimum Gasteiger partial charge on any atom is -0.299 e. The van der Waals surface area contributed by atoms with E-state index in [0.29, 0.717) is 17.6 Å². The summed E-state index contributed by atoms with van der Waals surface area (Å²) >= 11 is 3.60. The van der Waals surface area contributed by atoms with Crippen molar-refractivity contribution in [1.29, 1.82) is 0 Å². The average molecular weight is 333 g/mol. The van der Waals surface area contributed by atoms with Crippen LogP contribution in [0.15, 0.2) is 22.7 Å². The van der Waals surface area contributed by atoms with E-state index >= 15 is 0 Å². The number of hydrogen-bond donors (Lipinski definition) is 0. The third-order valence-electron chi connectivity index (χ3n) is 6.40. The molecule has 0 saturated heterocycles. The number of carbonyl (C=O) groups is 1. The zero-order chi connectivity index (χ0) is 13.9. The molecule has 0 amide bonds. The third kappa shape index (κ3) is 1.70. The van der Waals surface area contributed by atoms with Crippen molar-refractivity contribution in [3.8, 4) is 0 Å². The second kappa shape index (κ2) is 4.43. The summed E-state index contributed by atoms with van der Waals surface area (Å²) in [6.07, 6.45) is 6.75. The Balaban J connectivity index is 1.73. The molecule has 0 heterocycles. The standard InChI is InChI=1S/C18H21BrO/c1-18-9-8-14-13-5-3-12(19)10-11(13)2-4-15(14)16(18)6-7-17(18)20/h3,5,10,14-16H,2,4,6-9H2,1H3/t14-,15-,16+,18+/m1/s1. The first-order chi connectivity index (χ1) is 9.59. The maximum absolute atomic E-state index is 12.3. The van der Waals surface area contributed by atoms with Crippen LogP contribution in [0.25, 0.3) is 0 Å². The van der Waals surface area contributed by atoms with Crippen molar-refractivity contribution in [1.82, 2.24) is 0 Å². The van der Waals surface area contributed by atoms with Gasteiger partial charge in [0, 0.05) is 16.3 Å². The first kappa shape index (κ1) is 13.1. The molecule has 4 atom stereocenters. The van der Waals surface area contributed by atoms with Gasteiger partial charge < -0.3 is 0 Å². The van der Waals surface area contributed by atoms with Gasteiger partial charge in [0.25, 0.3) is 0 Å². The first-order valence-electron chi connectivity index (χ1n) is 7.91. The molecule has 0 spiro atoms. The fourth-order valence-corrected chi connectivity index (χ4v) is 5.73. The molecule has 20 heavy (non-hydrogen) atoms. The van der Waals surface area contributed by atoms with Gasteiger partial charge in [-0.2, -0.15) is 0 Å². The van der Waals surface area contributed by atoms with E-state index < -0.39 is 0 Å². The van der Waals surface area contributed by atoms with Crippen molar-refractivity contribution < 1.29 is 4.79 Å². The van der Waals surface area contributed by atoms with Crippen LogP contribution >= 0.6 is 15.9 Å². The highest BCUT2D eigenvalue weighted by atomic mass is 79.9. The summed E-state index contributed by atoms with van der Waals surface area (Å²) in [5.41, 5.74) is 3.12. The fourth-order valence-electron chi connectivity index (χ4n) is 5.32. The number of ketones is 1. The van der Waals surface area contributed by atoms with Gasteiger partial charge in [0.1, 0.15) is 5.78 Å². The Morgan fingerprint density at radius 1 is 1.20 bits per heavy atom. The van der Waals surface area contributed by atoms with Gasteiger partial charge in [-0.05, 0) is 73.1 Å². The van der Waals surface area contributed by atoms with Crippen molar-refractivity contribution >= 4 is 21.7 Å². The van der Waals surface area contributed by atoms with E-state index in [-0.39, 0.29) is 5.41 Å². The van der Waals surface area contributed by atoms with Gasteiger partial charge in [0.2, 0.25) is 0 Å². The zero-order valence-electron chi connectivity index (χ0n) is 12.0. The number of hydrogen-bond acceptors (Lipinski definition) is 1. The highest BCUT2D eigenvalue weighted by Gasteiger charge is 2.54. The second-order valence-corrected chi connectivity index (χ2v) is 8.09. The van der Waals surface area contributed by atoms with E-state index in [2.05, 4.69) is 41.1 Å². The molecule has 0 aromatic heterocycles. The molecule has 1 aromatic carbocycles. The number of aryl methyl sites for hydroxylation is 1. The SMILES string of the molecule is C[C@]12CC[C@@H]3c4ccc(Br)cc4CC[C@H]3[C@@H]1CCC2=O. The summed E-state index contributed by atoms with van der Waals surface area (Å²) in [6.45, 7) is 2.25. The van der Waals surface area contributed by atoms with Crippen LogP contribution in [0.3, 0.4) is 0 Å². The van der Waals surface area contributed by atoms with Gasteiger partial charge >= 0.3 is 0 Å². The molecule has 0 unspecified atom stereocenters. The molecule has 3 aliphatic rings. The van der Waals surface area contributed by atoms with Crippen molar-refractivity contribution in [2.45, 2.75) is 51.4 Å². The highest BCUT2D eigenvalue weighted by Crippen LogP contribution is 2.59. The second-order valence-electron chi connectivity index (χ2n) is 7.18. The van der Waals surface area contributed by atoms with Crippen molar-refractivity contribution in [3.05, 3.63) is 33.8 Å². The summed E-state index contributed by atoms with van der Waals surface area (Å²) in [5.74, 6) is 2.64. The molecule has 106 valence electrons. The maximum Gasteiger partial charge on any atom is 0.139 e. The van der Waals surface area contributed by atoms with E-state index in [9.17, 15) is 4.79 Å². The van der Waals surface area contributed by atoms with Crippen LogP contribution in [0.5, 0.6) is 0 Å². The molecule has 0 radical (unpaired) electrons. The van der Waals surface area contributed by atoms with E-state index in [1.54, 1.807) is 5.56 Å². The predicted octanol–water partition coefficient (Wildman–Crippen LogP) is 4.87. The average Bonchev–Trinajstić information content (AvgIpc) is 2.74. The highest BCUT2D eigenvalue weighted by molar-refractivity contribution is 9.10. The lowest BCUT2D eigenvalue weighted by Gasteiger charge is -2.48. The molecule has 4 rings (SSSR count). The Kier molecular flexibility index (Phi) is 2.89. The topological polar surface area (TPSA) is 17.1 Å². The van der Waals surface area contributed by atoms with Crippen molar-refractivity contribution in [2.24, 2.45) is 17.3 Å². The molecular formula is C18H21BrO. The normalized spacial score (nSPS) is 39.1. The number of carbonyl (C=O) groups excluding carboxylic acids is 1. The van der Waals surface area contributed by atoms with Gasteiger partial charge in [0.05, 0.1) is 0 Å². The Morgan fingerprint density at radius 3 is 2.90 bits per heavy atom. The maximum atomic E-state index is 12.3. The largest absolute Gasteiger partial charge is 0.299 e. The van der Waals surface area contributed by atoms with Gasteiger partial charge in [-0.1, -0.05) is 28.9 Å². The summed E-state index contributed by atoms with van der Waals surface area (Å²) < 4.78 is 1.20. The number of halogens is 1. The van der Waals surface area contributed by atoms with E-state index in [1.807, 2.05) is 0 Å². The summed E-state index contributed by atoms with van der Waals surface area (Å²) in [7, 11) is 0. The minimum atomic E-state index is 0.00797. The Labute approximate surface area is 129 Å². The third-order valence-corrected chi connectivity index (χ3v) is 6.89. The lowest BCUT2D eigenvalue weighted by molar-refractivity contribution is -0.129. The van der Waals surface area contributed by atoms with Crippen LogP contribution in [0.1, 0.15) is 56.1 Å². The number of Topliss-reactive ketones (excluding diaryl/α,β-unsaturated/α-hetero) is 1. The van der Waals surface area contributed by atoms with Crippen molar-refractivity contribution in [2.75, 3.05) is 0 Å². The van der Waals surface area contributed by atoms with E-state index in [0.717, 1.165) is 25.2 Å². The fraction of sp³-hybridized carbons (Fsp3) is 0.611. The van der Waals surface area contributed by atoms with E-state index in [1.165, 1.54) is 29.3 Å². The van der Waals surface area contributed by atoms with Crippen LogP contribution in [0.4, 0.5) is 0 Å². The predicted molar refractivity (Wildman–Crippen MR) is 83.8 cm³/mol. The lowest BCUT2D eigenvalue weighted by atomic mass is 9.55. The molecule has 0 aliphatic heterocycles. The summed E-state index contributed by atoms with van der Waals surface area (Å²) in [4.78, 5) is 12.3. The summed E-state index contributed by atoms with van der Waals surface area (Å²) in [6, 6.07) is 6.82. The number of rotatable bonds is 0. The van der Waals surface area contributed by atoms with Crippen molar-refractivity contribution in [3.63, 3.8) is 0 Å². The van der Waals surface area contributed by atoms with Gasteiger partial charge in [-0.25, -0.2) is 0 Å². The zero-order valence-corrected chi connectivity index (χ0v) is 13.6. The summed E-state index contributed by atoms with van der Waals surface area (Å²) in [5, 5.41) is 0. The Hall–Kier alpha value is -0.630. The molecule has 2 heteroatoms. The lowest BCUT2D eigenvalue weighted by Crippen LogP contribution is -2.42. The molecule has 1 aromatic rings.